The standard InChI is InChI=1S/C12H13FO3/c1-7-3-2-4-8(9(7)13)12(5-6-12)10(14)11(15)16/h2-4,10,14H,5-6H2,1H3,(H,15,16). The Morgan fingerprint density at radius 2 is 2.12 bits per heavy atom. The minimum absolute atomic E-state index is 0.322. The fraction of sp³-hybridized carbons (Fsp3) is 0.417. The molecule has 0 radical (unpaired) electrons. The first-order chi connectivity index (χ1) is 7.49. The summed E-state index contributed by atoms with van der Waals surface area (Å²) in [6.45, 7) is 1.63. The van der Waals surface area contributed by atoms with E-state index in [0.29, 0.717) is 24.0 Å². The van der Waals surface area contributed by atoms with Crippen LogP contribution in [0.5, 0.6) is 0 Å². The van der Waals surface area contributed by atoms with E-state index >= 15 is 0 Å². The molecule has 1 aliphatic rings. The second kappa shape index (κ2) is 3.56. The van der Waals surface area contributed by atoms with Gasteiger partial charge >= 0.3 is 5.97 Å². The molecule has 1 atom stereocenters. The van der Waals surface area contributed by atoms with Crippen LogP contribution in [0.15, 0.2) is 18.2 Å². The molecule has 0 saturated heterocycles. The van der Waals surface area contributed by atoms with E-state index in [1.54, 1.807) is 25.1 Å². The molecule has 1 unspecified atom stereocenters. The van der Waals surface area contributed by atoms with Gasteiger partial charge in [-0.05, 0) is 30.9 Å². The van der Waals surface area contributed by atoms with Gasteiger partial charge in [-0.15, -0.1) is 0 Å². The van der Waals surface area contributed by atoms with E-state index < -0.39 is 23.3 Å². The van der Waals surface area contributed by atoms with E-state index in [-0.39, 0.29) is 0 Å². The third kappa shape index (κ3) is 1.50. The van der Waals surface area contributed by atoms with Crippen molar-refractivity contribution < 1.29 is 19.4 Å². The van der Waals surface area contributed by atoms with Crippen LogP contribution in [-0.2, 0) is 10.2 Å². The van der Waals surface area contributed by atoms with Crippen LogP contribution in [0.25, 0.3) is 0 Å². The smallest absolute Gasteiger partial charge is 0.333 e. The van der Waals surface area contributed by atoms with Gasteiger partial charge in [-0.2, -0.15) is 0 Å². The molecule has 1 fully saturated rings. The highest BCUT2D eigenvalue weighted by Crippen LogP contribution is 2.52. The summed E-state index contributed by atoms with van der Waals surface area (Å²) in [7, 11) is 0. The first-order valence-electron chi connectivity index (χ1n) is 5.15. The number of carboxylic acid groups (broad SMARTS) is 1. The van der Waals surface area contributed by atoms with Gasteiger partial charge in [-0.25, -0.2) is 9.18 Å². The zero-order valence-corrected chi connectivity index (χ0v) is 8.90. The van der Waals surface area contributed by atoms with Gasteiger partial charge in [0.25, 0.3) is 0 Å². The number of aliphatic carboxylic acids is 1. The number of carbonyl (C=O) groups is 1. The lowest BCUT2D eigenvalue weighted by Gasteiger charge is -2.20. The molecule has 86 valence electrons. The van der Waals surface area contributed by atoms with Crippen molar-refractivity contribution in [2.45, 2.75) is 31.3 Å². The number of aliphatic hydroxyl groups excluding tert-OH is 1. The molecule has 0 aliphatic heterocycles. The van der Waals surface area contributed by atoms with Crippen LogP contribution >= 0.6 is 0 Å². The van der Waals surface area contributed by atoms with Gasteiger partial charge in [-0.1, -0.05) is 18.2 Å². The zero-order valence-electron chi connectivity index (χ0n) is 8.90. The Labute approximate surface area is 92.5 Å². The maximum Gasteiger partial charge on any atom is 0.333 e. The molecular formula is C12H13FO3. The molecule has 0 bridgehead atoms. The van der Waals surface area contributed by atoms with E-state index in [0.717, 1.165) is 0 Å². The summed E-state index contributed by atoms with van der Waals surface area (Å²) in [5, 5.41) is 18.4. The van der Waals surface area contributed by atoms with Crippen molar-refractivity contribution in [1.82, 2.24) is 0 Å². The zero-order chi connectivity index (χ0) is 11.9. The molecule has 2 rings (SSSR count). The average molecular weight is 224 g/mol. The van der Waals surface area contributed by atoms with Crippen molar-refractivity contribution in [3.63, 3.8) is 0 Å². The summed E-state index contributed by atoms with van der Waals surface area (Å²) in [4.78, 5) is 10.8. The lowest BCUT2D eigenvalue weighted by atomic mass is 9.88. The Balaban J connectivity index is 2.45. The maximum absolute atomic E-state index is 13.9. The molecule has 1 aliphatic carbocycles. The molecule has 1 aromatic carbocycles. The highest BCUT2D eigenvalue weighted by Gasteiger charge is 2.54. The molecule has 1 saturated carbocycles. The van der Waals surface area contributed by atoms with Crippen molar-refractivity contribution in [2.24, 2.45) is 0 Å². The quantitative estimate of drug-likeness (QED) is 0.820. The number of hydrogen-bond acceptors (Lipinski definition) is 2. The largest absolute Gasteiger partial charge is 0.479 e. The monoisotopic (exact) mass is 224 g/mol. The Morgan fingerprint density at radius 3 is 2.62 bits per heavy atom. The van der Waals surface area contributed by atoms with Crippen LogP contribution in [0.4, 0.5) is 4.39 Å². The normalized spacial score (nSPS) is 19.2. The summed E-state index contributed by atoms with van der Waals surface area (Å²) in [6, 6.07) is 4.87. The number of rotatable bonds is 3. The average Bonchev–Trinajstić information content (AvgIpc) is 3.02. The van der Waals surface area contributed by atoms with Gasteiger partial charge in [0.05, 0.1) is 0 Å². The van der Waals surface area contributed by atoms with Crippen molar-refractivity contribution in [2.75, 3.05) is 0 Å². The number of aliphatic hydroxyl groups is 1. The summed E-state index contributed by atoms with van der Waals surface area (Å²) in [5.41, 5.74) is -0.120. The molecule has 2 N–H and O–H groups in total. The Bertz CT molecular complexity index is 438. The van der Waals surface area contributed by atoms with Crippen molar-refractivity contribution in [3.8, 4) is 0 Å². The molecule has 16 heavy (non-hydrogen) atoms. The molecule has 0 aromatic heterocycles. The van der Waals surface area contributed by atoms with Gasteiger partial charge in [0.1, 0.15) is 5.82 Å². The summed E-state index contributed by atoms with van der Waals surface area (Å²) in [6.07, 6.45) is -0.495. The minimum atomic E-state index is -1.52. The first kappa shape index (κ1) is 11.1. The second-order valence-corrected chi connectivity index (χ2v) is 4.33. The Hall–Kier alpha value is -1.42. The Morgan fingerprint density at radius 1 is 1.50 bits per heavy atom. The van der Waals surface area contributed by atoms with Crippen LogP contribution in [0, 0.1) is 12.7 Å². The lowest BCUT2D eigenvalue weighted by Crippen LogP contribution is -2.34. The maximum atomic E-state index is 13.9. The van der Waals surface area contributed by atoms with E-state index in [9.17, 15) is 14.3 Å². The van der Waals surface area contributed by atoms with E-state index in [4.69, 9.17) is 5.11 Å². The molecule has 0 amide bonds. The topological polar surface area (TPSA) is 57.5 Å². The number of halogens is 1. The summed E-state index contributed by atoms with van der Waals surface area (Å²) < 4.78 is 13.9. The summed E-state index contributed by atoms with van der Waals surface area (Å²) in [5.74, 6) is -1.70. The molecule has 1 aromatic rings. The third-order valence-corrected chi connectivity index (χ3v) is 3.27. The van der Waals surface area contributed by atoms with E-state index in [2.05, 4.69) is 0 Å². The van der Waals surface area contributed by atoms with Crippen LogP contribution in [0.2, 0.25) is 0 Å². The van der Waals surface area contributed by atoms with Crippen LogP contribution in [0.3, 0.4) is 0 Å². The van der Waals surface area contributed by atoms with Gasteiger partial charge in [-0.3, -0.25) is 0 Å². The van der Waals surface area contributed by atoms with Gasteiger partial charge in [0.2, 0.25) is 0 Å². The minimum Gasteiger partial charge on any atom is -0.479 e. The Kier molecular flexibility index (Phi) is 2.46. The van der Waals surface area contributed by atoms with E-state index in [1.165, 1.54) is 0 Å². The predicted molar refractivity (Wildman–Crippen MR) is 55.7 cm³/mol. The van der Waals surface area contributed by atoms with Gasteiger partial charge < -0.3 is 10.2 Å². The molecule has 4 heteroatoms. The molecular weight excluding hydrogens is 211 g/mol. The third-order valence-electron chi connectivity index (χ3n) is 3.27. The SMILES string of the molecule is Cc1cccc(C2(C(O)C(=O)O)CC2)c1F. The van der Waals surface area contributed by atoms with Crippen LogP contribution in [-0.4, -0.2) is 22.3 Å². The van der Waals surface area contributed by atoms with Crippen LogP contribution < -0.4 is 0 Å². The number of benzene rings is 1. The lowest BCUT2D eigenvalue weighted by molar-refractivity contribution is -0.148. The van der Waals surface area contributed by atoms with Gasteiger partial charge in [0.15, 0.2) is 6.10 Å². The fourth-order valence-electron chi connectivity index (χ4n) is 2.09. The fourth-order valence-corrected chi connectivity index (χ4v) is 2.09. The number of carboxylic acids is 1. The van der Waals surface area contributed by atoms with Crippen molar-refractivity contribution in [1.29, 1.82) is 0 Å². The van der Waals surface area contributed by atoms with Crippen molar-refractivity contribution in [3.05, 3.63) is 35.1 Å². The highest BCUT2D eigenvalue weighted by atomic mass is 19.1. The van der Waals surface area contributed by atoms with Crippen LogP contribution in [0.1, 0.15) is 24.0 Å². The number of hydrogen-bond donors (Lipinski definition) is 2. The summed E-state index contributed by atoms with van der Waals surface area (Å²) >= 11 is 0. The number of aryl methyl sites for hydroxylation is 1. The molecule has 0 spiro atoms. The van der Waals surface area contributed by atoms with Crippen molar-refractivity contribution >= 4 is 5.97 Å². The second-order valence-electron chi connectivity index (χ2n) is 4.33. The van der Waals surface area contributed by atoms with Gasteiger partial charge in [0, 0.05) is 5.41 Å². The van der Waals surface area contributed by atoms with E-state index in [1.807, 2.05) is 0 Å². The molecule has 0 heterocycles. The molecule has 3 nitrogen and oxygen atoms in total. The first-order valence-corrected chi connectivity index (χ1v) is 5.15. The highest BCUT2D eigenvalue weighted by molar-refractivity contribution is 5.75. The predicted octanol–water partition coefficient (Wildman–Crippen LogP) is 1.61.